The summed E-state index contributed by atoms with van der Waals surface area (Å²) in [6.07, 6.45) is 14.3. The quantitative estimate of drug-likeness (QED) is 0.604. The van der Waals surface area contributed by atoms with Crippen molar-refractivity contribution in [1.82, 2.24) is 0 Å². The third kappa shape index (κ3) is 4.68. The highest BCUT2D eigenvalue weighted by atomic mass is 35.7. The highest BCUT2D eigenvalue weighted by Crippen LogP contribution is 2.53. The average Bonchev–Trinajstić information content (AvgIpc) is 1.95. The molecule has 0 nitrogen and oxygen atoms in total. The van der Waals surface area contributed by atoms with Gasteiger partial charge < -0.3 is 0 Å². The van der Waals surface area contributed by atoms with Crippen molar-refractivity contribution in [1.29, 1.82) is 0 Å². The number of halogens is 1. The molecule has 70 valence electrons. The molecule has 0 aromatic carbocycles. The van der Waals surface area contributed by atoms with Gasteiger partial charge in [0.25, 0.3) is 0 Å². The molecule has 0 saturated heterocycles. The van der Waals surface area contributed by atoms with Crippen LogP contribution in [0.2, 0.25) is 0 Å². The summed E-state index contributed by atoms with van der Waals surface area (Å²) in [4.78, 5) is 1.21. The minimum absolute atomic E-state index is 1.10. The SMILES string of the molecule is C\C=C/C=C(\C=C/C)S(C)(C)Cl. The third-order valence-electron chi connectivity index (χ3n) is 1.34. The van der Waals surface area contributed by atoms with Crippen LogP contribution in [-0.2, 0) is 0 Å². The molecule has 0 amide bonds. The highest BCUT2D eigenvalue weighted by molar-refractivity contribution is 8.53. The molecule has 0 bridgehead atoms. The second kappa shape index (κ2) is 5.50. The van der Waals surface area contributed by atoms with Gasteiger partial charge >= 0.3 is 0 Å². The molecule has 0 saturated carbocycles. The van der Waals surface area contributed by atoms with Gasteiger partial charge in [-0.25, -0.2) is 0 Å². The summed E-state index contributed by atoms with van der Waals surface area (Å²) in [5, 5.41) is 0. The van der Waals surface area contributed by atoms with Crippen LogP contribution in [0.4, 0.5) is 0 Å². The standard InChI is InChI=1S/C10H17ClS/c1-5-7-9-10(8-6-2)12(3,4)11/h5-9H,1-4H3/b7-5-,8-6-,10-9+. The van der Waals surface area contributed by atoms with E-state index in [-0.39, 0.29) is 0 Å². The first-order valence-corrected chi connectivity index (χ1v) is 7.18. The van der Waals surface area contributed by atoms with Gasteiger partial charge in [-0.15, -0.1) is 9.24 Å². The van der Waals surface area contributed by atoms with Gasteiger partial charge in [-0.3, -0.25) is 0 Å². The maximum absolute atomic E-state index is 6.24. The van der Waals surface area contributed by atoms with Crippen LogP contribution in [0.5, 0.6) is 0 Å². The normalized spacial score (nSPS) is 16.2. The van der Waals surface area contributed by atoms with Crippen LogP contribution in [0, 0.1) is 0 Å². The van der Waals surface area contributed by atoms with E-state index in [2.05, 4.69) is 24.7 Å². The molecule has 2 heteroatoms. The van der Waals surface area contributed by atoms with E-state index in [1.54, 1.807) is 0 Å². The Balaban J connectivity index is 4.67. The van der Waals surface area contributed by atoms with Crippen molar-refractivity contribution in [2.45, 2.75) is 13.8 Å². The number of rotatable bonds is 3. The van der Waals surface area contributed by atoms with Crippen LogP contribution in [0.15, 0.2) is 35.3 Å². The molecule has 0 aromatic heterocycles. The number of hydrogen-bond donors (Lipinski definition) is 0. The van der Waals surface area contributed by atoms with Crippen molar-refractivity contribution in [2.75, 3.05) is 12.5 Å². The molecule has 0 aliphatic rings. The van der Waals surface area contributed by atoms with Crippen molar-refractivity contribution in [3.8, 4) is 0 Å². The van der Waals surface area contributed by atoms with Crippen LogP contribution in [-0.4, -0.2) is 12.5 Å². The van der Waals surface area contributed by atoms with Crippen LogP contribution in [0.1, 0.15) is 13.8 Å². The zero-order valence-electron chi connectivity index (χ0n) is 8.17. The molecule has 0 spiro atoms. The Morgan fingerprint density at radius 2 is 1.75 bits per heavy atom. The molecule has 0 aliphatic carbocycles. The lowest BCUT2D eigenvalue weighted by Crippen LogP contribution is -1.87. The molecule has 12 heavy (non-hydrogen) atoms. The smallest absolute Gasteiger partial charge is 0.00214 e. The van der Waals surface area contributed by atoms with Gasteiger partial charge in [-0.1, -0.05) is 35.0 Å². The maximum atomic E-state index is 6.24. The molecule has 0 atom stereocenters. The van der Waals surface area contributed by atoms with Crippen molar-refractivity contribution >= 4 is 19.9 Å². The van der Waals surface area contributed by atoms with Gasteiger partial charge in [0.05, 0.1) is 0 Å². The van der Waals surface area contributed by atoms with E-state index in [9.17, 15) is 0 Å². The van der Waals surface area contributed by atoms with Crippen LogP contribution in [0.3, 0.4) is 0 Å². The van der Waals surface area contributed by atoms with Gasteiger partial charge in [0.15, 0.2) is 0 Å². The predicted octanol–water partition coefficient (Wildman–Crippen LogP) is 4.24. The van der Waals surface area contributed by atoms with Gasteiger partial charge in [0, 0.05) is 4.91 Å². The molecular formula is C10H17ClS. The lowest BCUT2D eigenvalue weighted by Gasteiger charge is -2.23. The lowest BCUT2D eigenvalue weighted by molar-refractivity contribution is 1.68. The van der Waals surface area contributed by atoms with Gasteiger partial charge in [-0.2, -0.15) is 0 Å². The predicted molar refractivity (Wildman–Crippen MR) is 63.0 cm³/mol. The summed E-state index contributed by atoms with van der Waals surface area (Å²) >= 11 is 0. The van der Waals surface area contributed by atoms with Crippen LogP contribution in [0.25, 0.3) is 0 Å². The summed E-state index contributed by atoms with van der Waals surface area (Å²) in [6, 6.07) is 0. The Labute approximate surface area is 81.8 Å². The van der Waals surface area contributed by atoms with E-state index in [4.69, 9.17) is 10.7 Å². The minimum atomic E-state index is -1.10. The van der Waals surface area contributed by atoms with E-state index >= 15 is 0 Å². The summed E-state index contributed by atoms with van der Waals surface area (Å²) in [5.41, 5.74) is 0. The van der Waals surface area contributed by atoms with Crippen molar-refractivity contribution < 1.29 is 0 Å². The van der Waals surface area contributed by atoms with Gasteiger partial charge in [-0.05, 0) is 32.4 Å². The van der Waals surface area contributed by atoms with Crippen LogP contribution >= 0.6 is 19.9 Å². The van der Waals surface area contributed by atoms with E-state index in [1.807, 2.05) is 32.1 Å². The maximum Gasteiger partial charge on any atom is 0.00214 e. The first-order valence-electron chi connectivity index (χ1n) is 3.91. The van der Waals surface area contributed by atoms with Crippen LogP contribution < -0.4 is 0 Å². The topological polar surface area (TPSA) is 0 Å². The first kappa shape index (κ1) is 11.9. The summed E-state index contributed by atoms with van der Waals surface area (Å²) in [6.45, 7) is 4.01. The second-order valence-corrected chi connectivity index (χ2v) is 7.99. The molecule has 0 aliphatic heterocycles. The first-order chi connectivity index (χ1) is 5.52. The second-order valence-electron chi connectivity index (χ2n) is 2.80. The Bertz CT molecular complexity index is 206. The van der Waals surface area contributed by atoms with E-state index < -0.39 is 9.24 Å². The monoisotopic (exact) mass is 204 g/mol. The summed E-state index contributed by atoms with van der Waals surface area (Å²) in [7, 11) is 5.14. The highest BCUT2D eigenvalue weighted by Gasteiger charge is 2.09. The fraction of sp³-hybridized carbons (Fsp3) is 0.400. The molecular weight excluding hydrogens is 188 g/mol. The van der Waals surface area contributed by atoms with Gasteiger partial charge in [0.1, 0.15) is 0 Å². The largest absolute Gasteiger partial charge is 0.142 e. The average molecular weight is 205 g/mol. The Morgan fingerprint density at radius 3 is 2.08 bits per heavy atom. The molecule has 0 N–H and O–H groups in total. The number of hydrogen-bond acceptors (Lipinski definition) is 0. The van der Waals surface area contributed by atoms with Gasteiger partial charge in [0.2, 0.25) is 0 Å². The third-order valence-corrected chi connectivity index (χ3v) is 3.27. The van der Waals surface area contributed by atoms with E-state index in [0.717, 1.165) is 0 Å². The number of allylic oxidation sites excluding steroid dienone is 5. The molecule has 0 rings (SSSR count). The minimum Gasteiger partial charge on any atom is -0.142 e. The molecule has 0 fully saturated rings. The van der Waals surface area contributed by atoms with Crippen molar-refractivity contribution in [3.05, 3.63) is 35.3 Å². The zero-order valence-corrected chi connectivity index (χ0v) is 9.75. The fourth-order valence-electron chi connectivity index (χ4n) is 0.734. The lowest BCUT2D eigenvalue weighted by atomic mass is 10.4. The summed E-state index contributed by atoms with van der Waals surface area (Å²) in [5.74, 6) is 0. The Hall–Kier alpha value is -0.140. The van der Waals surface area contributed by atoms with Crippen molar-refractivity contribution in [3.63, 3.8) is 0 Å². The zero-order chi connectivity index (χ0) is 9.61. The van der Waals surface area contributed by atoms with Crippen molar-refractivity contribution in [2.24, 2.45) is 0 Å². The van der Waals surface area contributed by atoms with E-state index in [1.165, 1.54) is 4.91 Å². The molecule has 0 heterocycles. The Morgan fingerprint density at radius 1 is 1.17 bits per heavy atom. The van der Waals surface area contributed by atoms with E-state index in [0.29, 0.717) is 0 Å². The molecule has 0 aromatic rings. The summed E-state index contributed by atoms with van der Waals surface area (Å²) < 4.78 is 0. The molecule has 0 radical (unpaired) electrons. The Kier molecular flexibility index (Phi) is 5.43. The molecule has 0 unspecified atom stereocenters. The fourth-order valence-corrected chi connectivity index (χ4v) is 1.90.